The molecular formula is C18H19N3O2. The molecule has 1 atom stereocenters. The van der Waals surface area contributed by atoms with Crippen molar-refractivity contribution >= 4 is 17.5 Å². The highest BCUT2D eigenvalue weighted by atomic mass is 16.2. The highest BCUT2D eigenvalue weighted by Gasteiger charge is 2.21. The second kappa shape index (κ2) is 6.60. The van der Waals surface area contributed by atoms with E-state index in [4.69, 9.17) is 0 Å². The number of hydrogen-bond acceptors (Lipinski definition) is 3. The molecule has 1 saturated heterocycles. The van der Waals surface area contributed by atoms with Crippen LogP contribution in [0.4, 0.5) is 5.69 Å². The third-order valence-electron chi connectivity index (χ3n) is 3.99. The highest BCUT2D eigenvalue weighted by molar-refractivity contribution is 5.97. The van der Waals surface area contributed by atoms with Gasteiger partial charge in [0.15, 0.2) is 0 Å². The molecule has 1 aromatic carbocycles. The Morgan fingerprint density at radius 2 is 2.00 bits per heavy atom. The van der Waals surface area contributed by atoms with Gasteiger partial charge in [-0.1, -0.05) is 6.07 Å². The zero-order valence-electron chi connectivity index (χ0n) is 13.0. The summed E-state index contributed by atoms with van der Waals surface area (Å²) in [6, 6.07) is 12.6. The lowest BCUT2D eigenvalue weighted by Gasteiger charge is -2.16. The number of rotatable bonds is 4. The Morgan fingerprint density at radius 1 is 1.22 bits per heavy atom. The first kappa shape index (κ1) is 15.2. The lowest BCUT2D eigenvalue weighted by molar-refractivity contribution is -0.117. The van der Waals surface area contributed by atoms with Crippen molar-refractivity contribution < 1.29 is 9.59 Å². The summed E-state index contributed by atoms with van der Waals surface area (Å²) in [4.78, 5) is 30.0. The molecule has 118 valence electrons. The minimum Gasteiger partial charge on any atom is -0.344 e. The molecule has 1 aliphatic rings. The van der Waals surface area contributed by atoms with Crippen LogP contribution in [0.1, 0.15) is 41.9 Å². The third-order valence-corrected chi connectivity index (χ3v) is 3.99. The minimum absolute atomic E-state index is 0.144. The number of benzene rings is 1. The Labute approximate surface area is 135 Å². The van der Waals surface area contributed by atoms with Crippen LogP contribution in [-0.4, -0.2) is 23.3 Å². The number of aromatic nitrogens is 1. The molecule has 2 heterocycles. The lowest BCUT2D eigenvalue weighted by atomic mass is 10.1. The fourth-order valence-electron chi connectivity index (χ4n) is 2.70. The van der Waals surface area contributed by atoms with Crippen LogP contribution in [0.3, 0.4) is 0 Å². The summed E-state index contributed by atoms with van der Waals surface area (Å²) in [6.07, 6.45) is 3.20. The molecule has 0 spiro atoms. The number of carbonyl (C=O) groups is 2. The molecule has 1 aliphatic heterocycles. The molecule has 3 rings (SSSR count). The van der Waals surface area contributed by atoms with Crippen molar-refractivity contribution in [3.8, 4) is 0 Å². The van der Waals surface area contributed by atoms with E-state index in [0.717, 1.165) is 24.3 Å². The normalized spacial score (nSPS) is 15.5. The summed E-state index contributed by atoms with van der Waals surface area (Å²) in [6.45, 7) is 2.65. The van der Waals surface area contributed by atoms with Crippen molar-refractivity contribution in [3.63, 3.8) is 0 Å². The Morgan fingerprint density at radius 3 is 2.61 bits per heavy atom. The van der Waals surface area contributed by atoms with Crippen LogP contribution in [0.15, 0.2) is 48.7 Å². The van der Waals surface area contributed by atoms with Crippen molar-refractivity contribution in [1.82, 2.24) is 10.3 Å². The maximum absolute atomic E-state index is 12.3. The molecule has 23 heavy (non-hydrogen) atoms. The van der Waals surface area contributed by atoms with E-state index in [1.165, 1.54) is 0 Å². The summed E-state index contributed by atoms with van der Waals surface area (Å²) in [7, 11) is 0. The van der Waals surface area contributed by atoms with Crippen molar-refractivity contribution in [1.29, 1.82) is 0 Å². The average molecular weight is 309 g/mol. The molecule has 1 N–H and O–H groups in total. The molecule has 5 heteroatoms. The molecule has 0 radical (unpaired) electrons. The number of nitrogens with zero attached hydrogens (tertiary/aromatic N) is 2. The maximum Gasteiger partial charge on any atom is 0.251 e. The molecule has 2 amide bonds. The molecule has 2 aromatic rings. The smallest absolute Gasteiger partial charge is 0.251 e. The van der Waals surface area contributed by atoms with Crippen LogP contribution in [-0.2, 0) is 4.79 Å². The summed E-state index contributed by atoms with van der Waals surface area (Å²) >= 11 is 0. The number of anilines is 1. The van der Waals surface area contributed by atoms with Gasteiger partial charge in [0, 0.05) is 30.4 Å². The average Bonchev–Trinajstić information content (AvgIpc) is 3.02. The van der Waals surface area contributed by atoms with Gasteiger partial charge >= 0.3 is 0 Å². The predicted octanol–water partition coefficient (Wildman–Crippen LogP) is 2.70. The van der Waals surface area contributed by atoms with Crippen molar-refractivity contribution in [3.05, 3.63) is 59.9 Å². The first-order chi connectivity index (χ1) is 11.1. The van der Waals surface area contributed by atoms with Gasteiger partial charge in [0.2, 0.25) is 5.91 Å². The summed E-state index contributed by atoms with van der Waals surface area (Å²) < 4.78 is 0. The summed E-state index contributed by atoms with van der Waals surface area (Å²) in [5.74, 6) is -0.00609. The second-order valence-corrected chi connectivity index (χ2v) is 5.65. The number of nitrogens with one attached hydrogen (secondary N) is 1. The first-order valence-electron chi connectivity index (χ1n) is 7.77. The fourth-order valence-corrected chi connectivity index (χ4v) is 2.70. The standard InChI is InChI=1S/C18H19N3O2/c1-13(16-5-2-3-11-19-16)20-18(23)14-7-9-15(10-8-14)21-12-4-6-17(21)22/h2-3,5,7-11,13H,4,6,12H2,1H3,(H,20,23). The zero-order valence-corrected chi connectivity index (χ0v) is 13.0. The number of amides is 2. The second-order valence-electron chi connectivity index (χ2n) is 5.65. The van der Waals surface area contributed by atoms with Gasteiger partial charge in [0.25, 0.3) is 5.91 Å². The Bertz CT molecular complexity index is 698. The van der Waals surface area contributed by atoms with Gasteiger partial charge in [0.05, 0.1) is 11.7 Å². The molecule has 1 aromatic heterocycles. The SMILES string of the molecule is CC(NC(=O)c1ccc(N2CCCC2=O)cc1)c1ccccn1. The Hall–Kier alpha value is -2.69. The molecule has 5 nitrogen and oxygen atoms in total. The molecule has 0 saturated carbocycles. The van der Waals surface area contributed by atoms with Gasteiger partial charge in [0.1, 0.15) is 0 Å². The van der Waals surface area contributed by atoms with Crippen LogP contribution in [0.25, 0.3) is 0 Å². The maximum atomic E-state index is 12.3. The summed E-state index contributed by atoms with van der Waals surface area (Å²) in [5, 5.41) is 2.93. The molecule has 1 fully saturated rings. The van der Waals surface area contributed by atoms with Gasteiger partial charge in [-0.15, -0.1) is 0 Å². The van der Waals surface area contributed by atoms with Crippen LogP contribution in [0.5, 0.6) is 0 Å². The van der Waals surface area contributed by atoms with Gasteiger partial charge in [-0.2, -0.15) is 0 Å². The lowest BCUT2D eigenvalue weighted by Crippen LogP contribution is -2.27. The Balaban J connectivity index is 1.67. The number of carbonyl (C=O) groups excluding carboxylic acids is 2. The van der Waals surface area contributed by atoms with Gasteiger partial charge in [-0.05, 0) is 49.7 Å². The number of hydrogen-bond donors (Lipinski definition) is 1. The van der Waals surface area contributed by atoms with Gasteiger partial charge < -0.3 is 10.2 Å². The molecule has 0 bridgehead atoms. The number of pyridine rings is 1. The largest absolute Gasteiger partial charge is 0.344 e. The monoisotopic (exact) mass is 309 g/mol. The van der Waals surface area contributed by atoms with Crippen LogP contribution in [0, 0.1) is 0 Å². The van der Waals surface area contributed by atoms with Crippen LogP contribution < -0.4 is 10.2 Å². The zero-order chi connectivity index (χ0) is 16.2. The Kier molecular flexibility index (Phi) is 4.37. The third kappa shape index (κ3) is 3.39. The summed E-state index contributed by atoms with van der Waals surface area (Å²) in [5.41, 5.74) is 2.24. The molecule has 1 unspecified atom stereocenters. The van der Waals surface area contributed by atoms with E-state index in [2.05, 4.69) is 10.3 Å². The van der Waals surface area contributed by atoms with E-state index in [9.17, 15) is 9.59 Å². The topological polar surface area (TPSA) is 62.3 Å². The van der Waals surface area contributed by atoms with E-state index in [1.54, 1.807) is 23.2 Å². The highest BCUT2D eigenvalue weighted by Crippen LogP contribution is 2.21. The minimum atomic E-state index is -0.163. The molecular weight excluding hydrogens is 290 g/mol. The van der Waals surface area contributed by atoms with E-state index < -0.39 is 0 Å². The van der Waals surface area contributed by atoms with E-state index in [0.29, 0.717) is 12.0 Å². The van der Waals surface area contributed by atoms with Crippen LogP contribution in [0.2, 0.25) is 0 Å². The van der Waals surface area contributed by atoms with Crippen LogP contribution >= 0.6 is 0 Å². The molecule has 0 aliphatic carbocycles. The quantitative estimate of drug-likeness (QED) is 0.944. The van der Waals surface area contributed by atoms with E-state index >= 15 is 0 Å². The van der Waals surface area contributed by atoms with Crippen molar-refractivity contribution in [2.24, 2.45) is 0 Å². The fraction of sp³-hybridized carbons (Fsp3) is 0.278. The van der Waals surface area contributed by atoms with E-state index in [-0.39, 0.29) is 17.9 Å². The first-order valence-corrected chi connectivity index (χ1v) is 7.77. The van der Waals surface area contributed by atoms with Crippen molar-refractivity contribution in [2.45, 2.75) is 25.8 Å². The predicted molar refractivity (Wildman–Crippen MR) is 88.1 cm³/mol. The van der Waals surface area contributed by atoms with Gasteiger partial charge in [-0.3, -0.25) is 14.6 Å². The van der Waals surface area contributed by atoms with Crippen molar-refractivity contribution in [2.75, 3.05) is 11.4 Å². The van der Waals surface area contributed by atoms with Gasteiger partial charge in [-0.25, -0.2) is 0 Å². The van der Waals surface area contributed by atoms with E-state index in [1.807, 2.05) is 37.3 Å².